The standard InChI is InChI=1S/C14H14N2O2S/c1-19-10-5-2-4-9(8-10)13(17)15-14-11-6-3-7-12(11)16-18-14/h2,4-5,8H,3,6-7H2,1H3,(H,15,17). The van der Waals surface area contributed by atoms with Gasteiger partial charge in [-0.3, -0.25) is 10.1 Å². The van der Waals surface area contributed by atoms with Crippen molar-refractivity contribution >= 4 is 23.6 Å². The number of rotatable bonds is 3. The van der Waals surface area contributed by atoms with E-state index in [1.54, 1.807) is 17.8 Å². The van der Waals surface area contributed by atoms with Crippen LogP contribution in [0.5, 0.6) is 0 Å². The third kappa shape index (κ3) is 2.38. The van der Waals surface area contributed by atoms with Gasteiger partial charge in [-0.15, -0.1) is 11.8 Å². The number of hydrogen-bond donors (Lipinski definition) is 1. The van der Waals surface area contributed by atoms with Crippen LogP contribution in [0.25, 0.3) is 0 Å². The fraction of sp³-hybridized carbons (Fsp3) is 0.286. The van der Waals surface area contributed by atoms with Gasteiger partial charge in [-0.25, -0.2) is 0 Å². The van der Waals surface area contributed by atoms with Crippen molar-refractivity contribution in [3.8, 4) is 0 Å². The molecule has 1 aliphatic rings. The molecule has 0 saturated heterocycles. The number of carbonyl (C=O) groups is 1. The summed E-state index contributed by atoms with van der Waals surface area (Å²) in [6.45, 7) is 0. The van der Waals surface area contributed by atoms with Crippen molar-refractivity contribution < 1.29 is 9.32 Å². The van der Waals surface area contributed by atoms with Gasteiger partial charge in [0.2, 0.25) is 5.88 Å². The topological polar surface area (TPSA) is 55.1 Å². The average Bonchev–Trinajstić information content (AvgIpc) is 3.04. The molecule has 0 spiro atoms. The van der Waals surface area contributed by atoms with Crippen LogP contribution in [0.15, 0.2) is 33.7 Å². The molecule has 3 rings (SSSR count). The molecule has 0 aliphatic heterocycles. The maximum atomic E-state index is 12.2. The molecule has 0 unspecified atom stereocenters. The molecule has 2 aromatic rings. The van der Waals surface area contributed by atoms with Crippen molar-refractivity contribution in [2.45, 2.75) is 24.2 Å². The van der Waals surface area contributed by atoms with Gasteiger partial charge < -0.3 is 4.52 Å². The largest absolute Gasteiger partial charge is 0.338 e. The van der Waals surface area contributed by atoms with E-state index < -0.39 is 0 Å². The highest BCUT2D eigenvalue weighted by atomic mass is 32.2. The summed E-state index contributed by atoms with van der Waals surface area (Å²) >= 11 is 1.61. The lowest BCUT2D eigenvalue weighted by Crippen LogP contribution is -2.12. The highest BCUT2D eigenvalue weighted by Crippen LogP contribution is 2.28. The minimum atomic E-state index is -0.151. The van der Waals surface area contributed by atoms with E-state index in [0.29, 0.717) is 11.4 Å². The Bertz CT molecular complexity index is 622. The Hall–Kier alpha value is -1.75. The molecule has 1 aromatic carbocycles. The maximum Gasteiger partial charge on any atom is 0.258 e. The van der Waals surface area contributed by atoms with Gasteiger partial charge in [0.25, 0.3) is 5.91 Å². The fourth-order valence-electron chi connectivity index (χ4n) is 2.27. The summed E-state index contributed by atoms with van der Waals surface area (Å²) in [5.74, 6) is 0.355. The highest BCUT2D eigenvalue weighted by molar-refractivity contribution is 7.98. The van der Waals surface area contributed by atoms with Crippen LogP contribution in [0.1, 0.15) is 28.0 Å². The second-order valence-corrected chi connectivity index (χ2v) is 5.36. The molecule has 4 nitrogen and oxygen atoms in total. The van der Waals surface area contributed by atoms with Crippen LogP contribution in [-0.2, 0) is 12.8 Å². The zero-order chi connectivity index (χ0) is 13.2. The monoisotopic (exact) mass is 274 g/mol. The maximum absolute atomic E-state index is 12.2. The lowest BCUT2D eigenvalue weighted by Gasteiger charge is -2.04. The summed E-state index contributed by atoms with van der Waals surface area (Å²) in [5, 5.41) is 6.80. The molecule has 0 bridgehead atoms. The molecule has 1 aliphatic carbocycles. The normalized spacial score (nSPS) is 13.3. The molecule has 1 N–H and O–H groups in total. The molecule has 19 heavy (non-hydrogen) atoms. The van der Waals surface area contributed by atoms with Gasteiger partial charge in [-0.05, 0) is 43.7 Å². The molecule has 0 saturated carbocycles. The number of aryl methyl sites for hydroxylation is 1. The second-order valence-electron chi connectivity index (χ2n) is 4.48. The molecule has 0 atom stereocenters. The molecular formula is C14H14N2O2S. The van der Waals surface area contributed by atoms with E-state index in [2.05, 4.69) is 10.5 Å². The van der Waals surface area contributed by atoms with E-state index in [9.17, 15) is 4.79 Å². The van der Waals surface area contributed by atoms with Gasteiger partial charge in [0.1, 0.15) is 0 Å². The molecular weight excluding hydrogens is 260 g/mol. The minimum Gasteiger partial charge on any atom is -0.338 e. The first-order valence-electron chi connectivity index (χ1n) is 6.21. The number of fused-ring (bicyclic) bond motifs is 1. The predicted molar refractivity (Wildman–Crippen MR) is 74.7 cm³/mol. The first-order valence-corrected chi connectivity index (χ1v) is 7.43. The SMILES string of the molecule is CSc1cccc(C(=O)Nc2onc3c2CCC3)c1. The Balaban J connectivity index is 1.80. The molecule has 1 amide bonds. The number of anilines is 1. The highest BCUT2D eigenvalue weighted by Gasteiger charge is 2.22. The lowest BCUT2D eigenvalue weighted by atomic mass is 10.2. The summed E-state index contributed by atoms with van der Waals surface area (Å²) in [5.41, 5.74) is 2.66. The Morgan fingerprint density at radius 3 is 3.16 bits per heavy atom. The molecule has 5 heteroatoms. The van der Waals surface area contributed by atoms with Crippen molar-refractivity contribution in [3.05, 3.63) is 41.1 Å². The number of thioether (sulfide) groups is 1. The molecule has 1 heterocycles. The molecule has 0 radical (unpaired) electrons. The summed E-state index contributed by atoms with van der Waals surface area (Å²) < 4.78 is 5.20. The number of amides is 1. The zero-order valence-corrected chi connectivity index (χ0v) is 11.4. The van der Waals surface area contributed by atoms with Crippen molar-refractivity contribution in [2.75, 3.05) is 11.6 Å². The zero-order valence-electron chi connectivity index (χ0n) is 10.6. The van der Waals surface area contributed by atoms with E-state index in [0.717, 1.165) is 35.4 Å². The predicted octanol–water partition coefficient (Wildman–Crippen LogP) is 3.14. The van der Waals surface area contributed by atoms with Crippen LogP contribution < -0.4 is 5.32 Å². The van der Waals surface area contributed by atoms with Crippen molar-refractivity contribution in [3.63, 3.8) is 0 Å². The van der Waals surface area contributed by atoms with E-state index in [-0.39, 0.29) is 5.91 Å². The number of nitrogens with one attached hydrogen (secondary N) is 1. The second kappa shape index (κ2) is 5.09. The van der Waals surface area contributed by atoms with E-state index in [1.165, 1.54) is 0 Å². The summed E-state index contributed by atoms with van der Waals surface area (Å²) in [4.78, 5) is 13.2. The third-order valence-electron chi connectivity index (χ3n) is 3.27. The van der Waals surface area contributed by atoms with Crippen molar-refractivity contribution in [1.82, 2.24) is 5.16 Å². The minimum absolute atomic E-state index is 0.151. The number of hydrogen-bond acceptors (Lipinski definition) is 4. The van der Waals surface area contributed by atoms with Gasteiger partial charge in [-0.2, -0.15) is 0 Å². The summed E-state index contributed by atoms with van der Waals surface area (Å²) in [6, 6.07) is 7.53. The Morgan fingerprint density at radius 2 is 2.32 bits per heavy atom. The molecule has 98 valence electrons. The average molecular weight is 274 g/mol. The first kappa shape index (κ1) is 12.3. The Morgan fingerprint density at radius 1 is 1.42 bits per heavy atom. The van der Waals surface area contributed by atoms with Gasteiger partial charge in [0.15, 0.2) is 0 Å². The summed E-state index contributed by atoms with van der Waals surface area (Å²) in [6.07, 6.45) is 4.94. The van der Waals surface area contributed by atoms with Crippen LogP contribution >= 0.6 is 11.8 Å². The van der Waals surface area contributed by atoms with Crippen LogP contribution in [-0.4, -0.2) is 17.3 Å². The Labute approximate surface area is 115 Å². The Kier molecular flexibility index (Phi) is 3.29. The lowest BCUT2D eigenvalue weighted by molar-refractivity contribution is 0.102. The van der Waals surface area contributed by atoms with Crippen molar-refractivity contribution in [1.29, 1.82) is 0 Å². The first-order chi connectivity index (χ1) is 9.28. The number of nitrogens with zero attached hydrogens (tertiary/aromatic N) is 1. The summed E-state index contributed by atoms with van der Waals surface area (Å²) in [7, 11) is 0. The van der Waals surface area contributed by atoms with Crippen LogP contribution in [0.4, 0.5) is 5.88 Å². The van der Waals surface area contributed by atoms with E-state index in [1.807, 2.05) is 24.5 Å². The van der Waals surface area contributed by atoms with E-state index >= 15 is 0 Å². The van der Waals surface area contributed by atoms with Crippen molar-refractivity contribution in [2.24, 2.45) is 0 Å². The molecule has 1 aromatic heterocycles. The van der Waals surface area contributed by atoms with E-state index in [4.69, 9.17) is 4.52 Å². The third-order valence-corrected chi connectivity index (χ3v) is 3.99. The number of carbonyl (C=O) groups excluding carboxylic acids is 1. The van der Waals surface area contributed by atoms with Gasteiger partial charge >= 0.3 is 0 Å². The quantitative estimate of drug-likeness (QED) is 0.874. The van der Waals surface area contributed by atoms with Crippen LogP contribution in [0.2, 0.25) is 0 Å². The fourth-order valence-corrected chi connectivity index (χ4v) is 2.73. The van der Waals surface area contributed by atoms with Gasteiger partial charge in [0, 0.05) is 16.0 Å². The van der Waals surface area contributed by atoms with Gasteiger partial charge in [0.05, 0.1) is 5.69 Å². The van der Waals surface area contributed by atoms with Crippen LogP contribution in [0, 0.1) is 0 Å². The van der Waals surface area contributed by atoms with Gasteiger partial charge in [-0.1, -0.05) is 11.2 Å². The van der Waals surface area contributed by atoms with Crippen LogP contribution in [0.3, 0.4) is 0 Å². The number of benzene rings is 1. The smallest absolute Gasteiger partial charge is 0.258 e. The number of aromatic nitrogens is 1. The molecule has 0 fully saturated rings.